The molecule has 3 rings (SSSR count). The Bertz CT molecular complexity index is 520. The van der Waals surface area contributed by atoms with Crippen molar-refractivity contribution in [3.8, 4) is 0 Å². The molecular weight excluding hydrogens is 267 g/mol. The van der Waals surface area contributed by atoms with Crippen LogP contribution in [0.5, 0.6) is 0 Å². The fraction of sp³-hybridized carbons (Fsp3) is 0.385. The summed E-state index contributed by atoms with van der Waals surface area (Å²) in [4.78, 5) is 13.7. The smallest absolute Gasteiger partial charge is 0.292 e. The molecule has 2 aliphatic heterocycles. The molecule has 19 heavy (non-hydrogen) atoms. The van der Waals surface area contributed by atoms with Crippen LogP contribution in [-0.2, 0) is 16.0 Å². The summed E-state index contributed by atoms with van der Waals surface area (Å²) in [7, 11) is 0. The van der Waals surface area contributed by atoms with Gasteiger partial charge in [-0.25, -0.2) is 4.39 Å². The number of hydrogen-bond donors (Lipinski definition) is 1. The lowest BCUT2D eigenvalue weighted by molar-refractivity contribution is -0.127. The molecule has 0 bridgehead atoms. The topological polar surface area (TPSA) is 53.4 Å². The quantitative estimate of drug-likeness (QED) is 0.896. The molecule has 0 unspecified atom stereocenters. The minimum atomic E-state index is -0.319. The number of halogens is 1. The maximum absolute atomic E-state index is 12.8. The molecule has 0 spiro atoms. The second-order valence-corrected chi connectivity index (χ2v) is 5.71. The van der Waals surface area contributed by atoms with E-state index >= 15 is 0 Å². The number of nitrogens with one attached hydrogen (secondary N) is 1. The predicted molar refractivity (Wildman–Crippen MR) is 70.7 cm³/mol. The first-order chi connectivity index (χ1) is 9.15. The Morgan fingerprint density at radius 1 is 1.42 bits per heavy atom. The van der Waals surface area contributed by atoms with E-state index in [1.165, 1.54) is 17.0 Å². The molecule has 1 amide bonds. The molecule has 2 fully saturated rings. The van der Waals surface area contributed by atoms with E-state index in [0.717, 1.165) is 17.1 Å². The van der Waals surface area contributed by atoms with Crippen LogP contribution in [0.3, 0.4) is 0 Å². The van der Waals surface area contributed by atoms with E-state index in [9.17, 15) is 9.18 Å². The number of carbonyl (C=O) groups excluding carboxylic acids is 1. The van der Waals surface area contributed by atoms with Gasteiger partial charge in [0, 0.05) is 11.5 Å². The van der Waals surface area contributed by atoms with Crippen molar-refractivity contribution in [1.29, 1.82) is 5.41 Å². The van der Waals surface area contributed by atoms with Gasteiger partial charge in [0.1, 0.15) is 11.9 Å². The number of amidine groups is 1. The van der Waals surface area contributed by atoms with Gasteiger partial charge in [-0.1, -0.05) is 12.1 Å². The summed E-state index contributed by atoms with van der Waals surface area (Å²) in [5.41, 5.74) is 0.744. The zero-order valence-electron chi connectivity index (χ0n) is 10.1. The minimum Gasteiger partial charge on any atom is -0.459 e. The van der Waals surface area contributed by atoms with Crippen molar-refractivity contribution in [2.45, 2.75) is 18.6 Å². The number of thioether (sulfide) groups is 1. The third-order valence-corrected chi connectivity index (χ3v) is 4.49. The van der Waals surface area contributed by atoms with Crippen molar-refractivity contribution in [1.82, 2.24) is 4.90 Å². The van der Waals surface area contributed by atoms with E-state index in [4.69, 9.17) is 10.1 Å². The Hall–Kier alpha value is -1.56. The molecular formula is C13H13FN2O2S. The number of nitrogens with zero attached hydrogens (tertiary/aromatic N) is 1. The van der Waals surface area contributed by atoms with Crippen molar-refractivity contribution >= 4 is 23.7 Å². The molecule has 1 aromatic carbocycles. The first-order valence-electron chi connectivity index (χ1n) is 6.04. The lowest BCUT2D eigenvalue weighted by atomic mass is 10.1. The SMILES string of the molecule is N=C1O[C@H]2CSC[C@@H]2N1C(=O)Cc1ccc(F)cc1. The van der Waals surface area contributed by atoms with Gasteiger partial charge >= 0.3 is 0 Å². The van der Waals surface area contributed by atoms with Crippen LogP contribution in [0.15, 0.2) is 24.3 Å². The van der Waals surface area contributed by atoms with Crippen LogP contribution in [0.2, 0.25) is 0 Å². The molecule has 2 heterocycles. The summed E-state index contributed by atoms with van der Waals surface area (Å²) in [6.07, 6.45) is 0.120. The number of rotatable bonds is 2. The number of carbonyl (C=O) groups is 1. The molecule has 2 aliphatic rings. The van der Waals surface area contributed by atoms with Crippen molar-refractivity contribution < 1.29 is 13.9 Å². The van der Waals surface area contributed by atoms with Gasteiger partial charge in [-0.15, -0.1) is 0 Å². The average molecular weight is 280 g/mol. The monoisotopic (exact) mass is 280 g/mol. The molecule has 0 saturated carbocycles. The summed E-state index contributed by atoms with van der Waals surface area (Å²) in [5, 5.41) is 7.75. The highest BCUT2D eigenvalue weighted by molar-refractivity contribution is 7.99. The van der Waals surface area contributed by atoms with Gasteiger partial charge in [-0.3, -0.25) is 15.1 Å². The van der Waals surface area contributed by atoms with Gasteiger partial charge in [-0.2, -0.15) is 11.8 Å². The number of fused-ring (bicyclic) bond motifs is 1. The second-order valence-electron chi connectivity index (χ2n) is 4.63. The molecule has 1 aromatic rings. The minimum absolute atomic E-state index is 0.0227. The summed E-state index contributed by atoms with van der Waals surface area (Å²) in [6, 6.07) is 5.78. The first-order valence-corrected chi connectivity index (χ1v) is 7.20. The van der Waals surface area contributed by atoms with Gasteiger partial charge in [0.2, 0.25) is 5.91 Å². The van der Waals surface area contributed by atoms with Gasteiger partial charge in [0.15, 0.2) is 0 Å². The normalized spacial score (nSPS) is 25.3. The Morgan fingerprint density at radius 2 is 2.16 bits per heavy atom. The van der Waals surface area contributed by atoms with Crippen molar-refractivity contribution in [3.63, 3.8) is 0 Å². The van der Waals surface area contributed by atoms with E-state index in [-0.39, 0.29) is 36.3 Å². The van der Waals surface area contributed by atoms with Crippen LogP contribution < -0.4 is 0 Å². The van der Waals surface area contributed by atoms with Crippen LogP contribution in [0.25, 0.3) is 0 Å². The van der Waals surface area contributed by atoms with Gasteiger partial charge in [-0.05, 0) is 17.7 Å². The zero-order valence-corrected chi connectivity index (χ0v) is 11.0. The molecule has 0 aliphatic carbocycles. The van der Waals surface area contributed by atoms with Crippen molar-refractivity contribution in [3.05, 3.63) is 35.6 Å². The summed E-state index contributed by atoms with van der Waals surface area (Å²) in [6.45, 7) is 0. The van der Waals surface area contributed by atoms with Crippen molar-refractivity contribution in [2.24, 2.45) is 0 Å². The third-order valence-electron chi connectivity index (χ3n) is 3.35. The third kappa shape index (κ3) is 2.32. The summed E-state index contributed by atoms with van der Waals surface area (Å²) < 4.78 is 18.2. The Balaban J connectivity index is 1.73. The van der Waals surface area contributed by atoms with Gasteiger partial charge < -0.3 is 4.74 Å². The number of benzene rings is 1. The highest BCUT2D eigenvalue weighted by Crippen LogP contribution is 2.31. The Labute approximate surface area is 114 Å². The van der Waals surface area contributed by atoms with E-state index in [0.29, 0.717) is 0 Å². The van der Waals surface area contributed by atoms with Gasteiger partial charge in [0.25, 0.3) is 6.02 Å². The lowest BCUT2D eigenvalue weighted by Crippen LogP contribution is -2.42. The maximum atomic E-state index is 12.8. The lowest BCUT2D eigenvalue weighted by Gasteiger charge is -2.19. The Kier molecular flexibility index (Phi) is 3.18. The summed E-state index contributed by atoms with van der Waals surface area (Å²) >= 11 is 1.73. The van der Waals surface area contributed by atoms with Crippen LogP contribution >= 0.6 is 11.8 Å². The van der Waals surface area contributed by atoms with E-state index in [1.54, 1.807) is 23.9 Å². The number of amides is 1. The molecule has 0 aromatic heterocycles. The van der Waals surface area contributed by atoms with Crippen LogP contribution in [0, 0.1) is 11.2 Å². The van der Waals surface area contributed by atoms with Gasteiger partial charge in [0.05, 0.1) is 12.5 Å². The number of hydrogen-bond acceptors (Lipinski definition) is 4. The molecule has 4 nitrogen and oxygen atoms in total. The van der Waals surface area contributed by atoms with Crippen LogP contribution in [0.1, 0.15) is 5.56 Å². The Morgan fingerprint density at radius 3 is 2.89 bits per heavy atom. The molecule has 6 heteroatoms. The fourth-order valence-corrected chi connectivity index (χ4v) is 3.65. The zero-order chi connectivity index (χ0) is 13.4. The summed E-state index contributed by atoms with van der Waals surface area (Å²) in [5.74, 6) is 1.16. The van der Waals surface area contributed by atoms with Crippen LogP contribution in [-0.4, -0.2) is 40.5 Å². The number of ether oxygens (including phenoxy) is 1. The van der Waals surface area contributed by atoms with E-state index in [1.807, 2.05) is 0 Å². The predicted octanol–water partition coefficient (Wildman–Crippen LogP) is 1.65. The fourth-order valence-electron chi connectivity index (χ4n) is 2.39. The maximum Gasteiger partial charge on any atom is 0.292 e. The van der Waals surface area contributed by atoms with Crippen LogP contribution in [0.4, 0.5) is 4.39 Å². The molecule has 100 valence electrons. The van der Waals surface area contributed by atoms with Crippen molar-refractivity contribution in [2.75, 3.05) is 11.5 Å². The second kappa shape index (κ2) is 4.85. The first kappa shape index (κ1) is 12.5. The van der Waals surface area contributed by atoms with E-state index in [2.05, 4.69) is 0 Å². The largest absolute Gasteiger partial charge is 0.459 e. The molecule has 2 saturated heterocycles. The highest BCUT2D eigenvalue weighted by atomic mass is 32.2. The highest BCUT2D eigenvalue weighted by Gasteiger charge is 2.45. The molecule has 2 atom stereocenters. The average Bonchev–Trinajstić information content (AvgIpc) is 2.91. The molecule has 1 N–H and O–H groups in total. The van der Waals surface area contributed by atoms with E-state index < -0.39 is 0 Å². The molecule has 0 radical (unpaired) electrons. The standard InChI is InChI=1S/C13H13FN2O2S/c14-9-3-1-8(2-4-9)5-12(17)16-10-6-19-7-11(10)18-13(16)15/h1-4,10-11,15H,5-7H2/t10-,11-/m0/s1.